The van der Waals surface area contributed by atoms with Crippen LogP contribution in [0.4, 0.5) is 4.39 Å². The predicted molar refractivity (Wildman–Crippen MR) is 62.8 cm³/mol. The minimum Gasteiger partial charge on any atom is -0.342 e. The van der Waals surface area contributed by atoms with E-state index in [1.165, 1.54) is 12.1 Å². The molecule has 2 nitrogen and oxygen atoms in total. The van der Waals surface area contributed by atoms with Crippen LogP contribution in [0.2, 0.25) is 0 Å². The predicted octanol–water partition coefficient (Wildman–Crippen LogP) is 2.94. The van der Waals surface area contributed by atoms with Crippen LogP contribution in [-0.2, 0) is 0 Å². The van der Waals surface area contributed by atoms with Gasteiger partial charge >= 0.3 is 0 Å². The maximum absolute atomic E-state index is 13.4. The first-order chi connectivity index (χ1) is 7.52. The summed E-state index contributed by atoms with van der Waals surface area (Å²) in [7, 11) is 1.71. The molecule has 0 heterocycles. The molecule has 0 saturated carbocycles. The lowest BCUT2D eigenvalue weighted by molar-refractivity contribution is 0.0784. The highest BCUT2D eigenvalue weighted by Crippen LogP contribution is 2.10. The molecule has 0 aliphatic heterocycles. The molecule has 0 aliphatic rings. The highest BCUT2D eigenvalue weighted by molar-refractivity contribution is 5.94. The summed E-state index contributed by atoms with van der Waals surface area (Å²) in [5, 5.41) is 0. The fourth-order valence-electron chi connectivity index (χ4n) is 1.39. The van der Waals surface area contributed by atoms with Gasteiger partial charge in [-0.25, -0.2) is 4.39 Å². The van der Waals surface area contributed by atoms with E-state index < -0.39 is 5.82 Å². The maximum atomic E-state index is 13.4. The van der Waals surface area contributed by atoms with Crippen molar-refractivity contribution in [2.45, 2.75) is 20.3 Å². The molecule has 0 aromatic heterocycles. The molecule has 1 aromatic carbocycles. The van der Waals surface area contributed by atoms with Gasteiger partial charge in [0.05, 0.1) is 5.56 Å². The lowest BCUT2D eigenvalue weighted by atomic mass is 10.1. The Labute approximate surface area is 96.1 Å². The van der Waals surface area contributed by atoms with Crippen molar-refractivity contribution in [1.29, 1.82) is 0 Å². The van der Waals surface area contributed by atoms with Crippen LogP contribution in [0.5, 0.6) is 0 Å². The van der Waals surface area contributed by atoms with Crippen LogP contribution in [0.3, 0.4) is 0 Å². The van der Waals surface area contributed by atoms with E-state index in [1.807, 2.05) is 0 Å². The molecule has 1 amide bonds. The number of hydrogen-bond donors (Lipinski definition) is 0. The Morgan fingerprint density at radius 3 is 2.56 bits per heavy atom. The van der Waals surface area contributed by atoms with Crippen LogP contribution in [0, 0.1) is 11.7 Å². The SMILES string of the molecule is CC(C)CCN(C)C(=O)c1ccccc1F. The lowest BCUT2D eigenvalue weighted by Gasteiger charge is -2.18. The summed E-state index contributed by atoms with van der Waals surface area (Å²) in [6.45, 7) is 4.85. The average Bonchev–Trinajstić information content (AvgIpc) is 2.25. The third-order valence-electron chi connectivity index (χ3n) is 2.49. The number of rotatable bonds is 4. The Morgan fingerprint density at radius 1 is 1.38 bits per heavy atom. The average molecular weight is 223 g/mol. The van der Waals surface area contributed by atoms with Crippen LogP contribution in [-0.4, -0.2) is 24.4 Å². The summed E-state index contributed by atoms with van der Waals surface area (Å²) >= 11 is 0. The van der Waals surface area contributed by atoms with Crippen molar-refractivity contribution in [2.24, 2.45) is 5.92 Å². The van der Waals surface area contributed by atoms with Gasteiger partial charge in [0, 0.05) is 13.6 Å². The second-order valence-electron chi connectivity index (χ2n) is 4.39. The van der Waals surface area contributed by atoms with E-state index in [-0.39, 0.29) is 11.5 Å². The highest BCUT2D eigenvalue weighted by atomic mass is 19.1. The van der Waals surface area contributed by atoms with Gasteiger partial charge in [-0.05, 0) is 24.5 Å². The zero-order valence-electron chi connectivity index (χ0n) is 10.0. The molecular formula is C13H18FNO. The standard InChI is InChI=1S/C13H18FNO/c1-10(2)8-9-15(3)13(16)11-6-4-5-7-12(11)14/h4-7,10H,8-9H2,1-3H3. The second-order valence-corrected chi connectivity index (χ2v) is 4.39. The number of halogens is 1. The summed E-state index contributed by atoms with van der Waals surface area (Å²) in [5.41, 5.74) is 0.147. The molecule has 1 rings (SSSR count). The summed E-state index contributed by atoms with van der Waals surface area (Å²) in [6, 6.07) is 6.08. The van der Waals surface area contributed by atoms with Gasteiger partial charge in [-0.1, -0.05) is 26.0 Å². The normalized spacial score (nSPS) is 10.6. The fourth-order valence-corrected chi connectivity index (χ4v) is 1.39. The van der Waals surface area contributed by atoms with Crippen LogP contribution < -0.4 is 0 Å². The van der Waals surface area contributed by atoms with Gasteiger partial charge in [-0.3, -0.25) is 4.79 Å². The number of nitrogens with zero attached hydrogens (tertiary/aromatic N) is 1. The molecule has 0 saturated heterocycles. The van der Waals surface area contributed by atoms with Crippen molar-refractivity contribution >= 4 is 5.91 Å². The molecule has 0 fully saturated rings. The van der Waals surface area contributed by atoms with E-state index in [4.69, 9.17) is 0 Å². The van der Waals surface area contributed by atoms with Crippen molar-refractivity contribution in [3.63, 3.8) is 0 Å². The fraction of sp³-hybridized carbons (Fsp3) is 0.462. The van der Waals surface area contributed by atoms with Gasteiger partial charge in [-0.15, -0.1) is 0 Å². The Hall–Kier alpha value is -1.38. The second kappa shape index (κ2) is 5.64. The van der Waals surface area contributed by atoms with E-state index in [0.717, 1.165) is 6.42 Å². The molecule has 0 N–H and O–H groups in total. The first kappa shape index (κ1) is 12.7. The minimum atomic E-state index is -0.455. The summed E-state index contributed by atoms with van der Waals surface area (Å²) in [6.07, 6.45) is 0.927. The van der Waals surface area contributed by atoms with Crippen molar-refractivity contribution in [2.75, 3.05) is 13.6 Å². The molecule has 0 bridgehead atoms. The molecule has 16 heavy (non-hydrogen) atoms. The van der Waals surface area contributed by atoms with Gasteiger partial charge in [0.25, 0.3) is 5.91 Å². The molecule has 0 atom stereocenters. The molecule has 0 spiro atoms. The van der Waals surface area contributed by atoms with Crippen molar-refractivity contribution in [3.05, 3.63) is 35.6 Å². The van der Waals surface area contributed by atoms with Crippen molar-refractivity contribution in [1.82, 2.24) is 4.90 Å². The summed E-state index contributed by atoms with van der Waals surface area (Å²) in [5.74, 6) is -0.168. The van der Waals surface area contributed by atoms with E-state index in [0.29, 0.717) is 12.5 Å². The van der Waals surface area contributed by atoms with Gasteiger partial charge in [0.15, 0.2) is 0 Å². The third kappa shape index (κ3) is 3.33. The molecule has 0 unspecified atom stereocenters. The van der Waals surface area contributed by atoms with Gasteiger partial charge < -0.3 is 4.90 Å². The van der Waals surface area contributed by atoms with Gasteiger partial charge in [-0.2, -0.15) is 0 Å². The monoisotopic (exact) mass is 223 g/mol. The third-order valence-corrected chi connectivity index (χ3v) is 2.49. The number of carbonyl (C=O) groups excluding carboxylic acids is 1. The Kier molecular flexibility index (Phi) is 4.47. The smallest absolute Gasteiger partial charge is 0.256 e. The number of benzene rings is 1. The molecule has 3 heteroatoms. The first-order valence-corrected chi connectivity index (χ1v) is 5.52. The van der Waals surface area contributed by atoms with Crippen LogP contribution in [0.1, 0.15) is 30.6 Å². The summed E-state index contributed by atoms with van der Waals surface area (Å²) in [4.78, 5) is 13.4. The molecule has 88 valence electrons. The first-order valence-electron chi connectivity index (χ1n) is 5.52. The zero-order chi connectivity index (χ0) is 12.1. The van der Waals surface area contributed by atoms with E-state index in [1.54, 1.807) is 24.1 Å². The van der Waals surface area contributed by atoms with Crippen LogP contribution in [0.15, 0.2) is 24.3 Å². The van der Waals surface area contributed by atoms with E-state index in [2.05, 4.69) is 13.8 Å². The Bertz CT molecular complexity index is 363. The highest BCUT2D eigenvalue weighted by Gasteiger charge is 2.15. The molecule has 0 radical (unpaired) electrons. The quantitative estimate of drug-likeness (QED) is 0.768. The largest absolute Gasteiger partial charge is 0.342 e. The Morgan fingerprint density at radius 2 is 2.00 bits per heavy atom. The van der Waals surface area contributed by atoms with Gasteiger partial charge in [0.1, 0.15) is 5.82 Å². The van der Waals surface area contributed by atoms with E-state index in [9.17, 15) is 9.18 Å². The Balaban J connectivity index is 2.67. The number of carbonyl (C=O) groups is 1. The van der Waals surface area contributed by atoms with E-state index >= 15 is 0 Å². The van der Waals surface area contributed by atoms with Gasteiger partial charge in [0.2, 0.25) is 0 Å². The maximum Gasteiger partial charge on any atom is 0.256 e. The lowest BCUT2D eigenvalue weighted by Crippen LogP contribution is -2.29. The zero-order valence-corrected chi connectivity index (χ0v) is 10.0. The summed E-state index contributed by atoms with van der Waals surface area (Å²) < 4.78 is 13.4. The van der Waals surface area contributed by atoms with Crippen LogP contribution >= 0.6 is 0 Å². The minimum absolute atomic E-state index is 0.147. The van der Waals surface area contributed by atoms with Crippen molar-refractivity contribution in [3.8, 4) is 0 Å². The molecule has 1 aromatic rings. The number of amides is 1. The topological polar surface area (TPSA) is 20.3 Å². The van der Waals surface area contributed by atoms with Crippen molar-refractivity contribution < 1.29 is 9.18 Å². The van der Waals surface area contributed by atoms with Crippen LogP contribution in [0.25, 0.3) is 0 Å². The number of hydrogen-bond acceptors (Lipinski definition) is 1. The molecular weight excluding hydrogens is 205 g/mol. The molecule has 0 aliphatic carbocycles.